The number of aromatic carboxylic acids is 1. The molecule has 1 aliphatic rings. The Hall–Kier alpha value is -3.15. The van der Waals surface area contributed by atoms with Crippen LogP contribution >= 0.6 is 0 Å². The van der Waals surface area contributed by atoms with Crippen LogP contribution in [0.1, 0.15) is 39.1 Å². The molecule has 0 unspecified atom stereocenters. The van der Waals surface area contributed by atoms with Crippen LogP contribution in [0.3, 0.4) is 0 Å². The van der Waals surface area contributed by atoms with E-state index in [0.29, 0.717) is 17.7 Å². The summed E-state index contributed by atoms with van der Waals surface area (Å²) in [4.78, 5) is 36.9. The Morgan fingerprint density at radius 2 is 1.72 bits per heavy atom. The third-order valence-corrected chi connectivity index (χ3v) is 4.31. The van der Waals surface area contributed by atoms with E-state index in [0.717, 1.165) is 24.1 Å². The minimum Gasteiger partial charge on any atom is -0.478 e. The second-order valence-electron chi connectivity index (χ2n) is 5.99. The molecule has 128 valence electrons. The van der Waals surface area contributed by atoms with Gasteiger partial charge in [-0.15, -0.1) is 0 Å². The molecule has 0 fully saturated rings. The first-order valence-corrected chi connectivity index (χ1v) is 8.00. The molecule has 25 heavy (non-hydrogen) atoms. The third kappa shape index (κ3) is 3.52. The molecule has 1 heterocycles. The number of benzene rings is 2. The van der Waals surface area contributed by atoms with Gasteiger partial charge in [0.25, 0.3) is 5.91 Å². The van der Waals surface area contributed by atoms with E-state index in [-0.39, 0.29) is 17.4 Å². The van der Waals surface area contributed by atoms with Gasteiger partial charge in [-0.25, -0.2) is 4.79 Å². The summed E-state index contributed by atoms with van der Waals surface area (Å²) in [5.74, 6) is -1.28. The van der Waals surface area contributed by atoms with Gasteiger partial charge in [0.15, 0.2) is 0 Å². The van der Waals surface area contributed by atoms with E-state index in [9.17, 15) is 14.4 Å². The van der Waals surface area contributed by atoms with Crippen molar-refractivity contribution in [2.75, 3.05) is 17.3 Å². The summed E-state index contributed by atoms with van der Waals surface area (Å²) in [5.41, 5.74) is 2.92. The number of anilines is 2. The number of rotatable bonds is 3. The smallest absolute Gasteiger partial charge is 0.335 e. The number of fused-ring (bicyclic) bond motifs is 1. The number of nitrogens with zero attached hydrogens (tertiary/aromatic N) is 1. The largest absolute Gasteiger partial charge is 0.478 e. The molecule has 0 atom stereocenters. The maximum atomic E-state index is 12.5. The third-order valence-electron chi connectivity index (χ3n) is 4.31. The minimum atomic E-state index is -1.02. The molecule has 0 radical (unpaired) electrons. The molecule has 0 saturated heterocycles. The molecular formula is C19H18N2O4. The van der Waals surface area contributed by atoms with Crippen LogP contribution in [0.15, 0.2) is 42.5 Å². The number of hydrogen-bond donors (Lipinski definition) is 2. The zero-order chi connectivity index (χ0) is 18.0. The van der Waals surface area contributed by atoms with Gasteiger partial charge in [0.05, 0.1) is 5.56 Å². The van der Waals surface area contributed by atoms with Crippen LogP contribution in [0, 0.1) is 0 Å². The molecule has 6 heteroatoms. The first kappa shape index (κ1) is 16.7. The van der Waals surface area contributed by atoms with Crippen molar-refractivity contribution < 1.29 is 19.5 Å². The summed E-state index contributed by atoms with van der Waals surface area (Å²) in [6, 6.07) is 11.3. The van der Waals surface area contributed by atoms with Crippen molar-refractivity contribution in [2.24, 2.45) is 0 Å². The van der Waals surface area contributed by atoms with Gasteiger partial charge >= 0.3 is 5.97 Å². The van der Waals surface area contributed by atoms with E-state index in [1.54, 1.807) is 36.2 Å². The Labute approximate surface area is 145 Å². The molecule has 0 bridgehead atoms. The van der Waals surface area contributed by atoms with Gasteiger partial charge < -0.3 is 15.3 Å². The molecule has 0 saturated carbocycles. The van der Waals surface area contributed by atoms with E-state index < -0.39 is 5.97 Å². The van der Waals surface area contributed by atoms with E-state index in [4.69, 9.17) is 5.11 Å². The fourth-order valence-electron chi connectivity index (χ4n) is 2.86. The summed E-state index contributed by atoms with van der Waals surface area (Å²) in [5, 5.41) is 11.6. The summed E-state index contributed by atoms with van der Waals surface area (Å²) in [6.07, 6.45) is 2.12. The number of carbonyl (C=O) groups excluding carboxylic acids is 2. The van der Waals surface area contributed by atoms with Crippen molar-refractivity contribution in [2.45, 2.75) is 19.3 Å². The molecule has 2 aromatic rings. The first-order valence-electron chi connectivity index (χ1n) is 8.00. The van der Waals surface area contributed by atoms with Crippen molar-refractivity contribution in [1.29, 1.82) is 0 Å². The fourth-order valence-corrected chi connectivity index (χ4v) is 2.86. The van der Waals surface area contributed by atoms with E-state index in [2.05, 4.69) is 5.32 Å². The highest BCUT2D eigenvalue weighted by Gasteiger charge is 2.20. The number of nitrogens with one attached hydrogen (secondary N) is 1. The maximum absolute atomic E-state index is 12.5. The van der Waals surface area contributed by atoms with Crippen LogP contribution in [-0.4, -0.2) is 29.9 Å². The van der Waals surface area contributed by atoms with Crippen LogP contribution in [0.25, 0.3) is 0 Å². The maximum Gasteiger partial charge on any atom is 0.335 e. The van der Waals surface area contributed by atoms with Gasteiger partial charge in [0, 0.05) is 30.4 Å². The van der Waals surface area contributed by atoms with Crippen LogP contribution in [-0.2, 0) is 11.2 Å². The van der Waals surface area contributed by atoms with E-state index in [1.807, 2.05) is 6.07 Å². The average molecular weight is 338 g/mol. The monoisotopic (exact) mass is 338 g/mol. The molecule has 0 aromatic heterocycles. The van der Waals surface area contributed by atoms with Gasteiger partial charge in [-0.1, -0.05) is 6.07 Å². The summed E-state index contributed by atoms with van der Waals surface area (Å²) in [7, 11) is 1.72. The number of hydrogen-bond acceptors (Lipinski definition) is 3. The standard InChI is InChI=1S/C19H18N2O4/c1-21-16-11-14(6-5-12(16)3-2-4-17(21)22)18(23)20-15-9-7-13(8-10-15)19(24)25/h5-11H,2-4H2,1H3,(H,20,23)(H,24,25). The highest BCUT2D eigenvalue weighted by Crippen LogP contribution is 2.27. The van der Waals surface area contributed by atoms with Crippen LogP contribution < -0.4 is 10.2 Å². The predicted octanol–water partition coefficient (Wildman–Crippen LogP) is 2.94. The van der Waals surface area contributed by atoms with Gasteiger partial charge in [-0.05, 0) is 54.8 Å². The number of aryl methyl sites for hydroxylation is 1. The Balaban J connectivity index is 1.82. The van der Waals surface area contributed by atoms with Crippen molar-refractivity contribution in [3.8, 4) is 0 Å². The topological polar surface area (TPSA) is 86.7 Å². The Morgan fingerprint density at radius 3 is 2.40 bits per heavy atom. The average Bonchev–Trinajstić information content (AvgIpc) is 2.74. The fraction of sp³-hybridized carbons (Fsp3) is 0.211. The molecule has 2 amide bonds. The first-order chi connectivity index (χ1) is 12.0. The molecule has 0 spiro atoms. The SMILES string of the molecule is CN1C(=O)CCCc2ccc(C(=O)Nc3ccc(C(=O)O)cc3)cc21. The van der Waals surface area contributed by atoms with Crippen LogP contribution in [0.2, 0.25) is 0 Å². The van der Waals surface area contributed by atoms with Gasteiger partial charge in [0.1, 0.15) is 0 Å². The number of carbonyl (C=O) groups is 3. The highest BCUT2D eigenvalue weighted by molar-refractivity contribution is 6.06. The van der Waals surface area contributed by atoms with Gasteiger partial charge in [-0.2, -0.15) is 0 Å². The highest BCUT2D eigenvalue weighted by atomic mass is 16.4. The molecule has 6 nitrogen and oxygen atoms in total. The minimum absolute atomic E-state index is 0.0422. The summed E-state index contributed by atoms with van der Waals surface area (Å²) >= 11 is 0. The lowest BCUT2D eigenvalue weighted by Gasteiger charge is -2.18. The lowest BCUT2D eigenvalue weighted by Crippen LogP contribution is -2.25. The Bertz CT molecular complexity index is 843. The number of carboxylic acids is 1. The Kier molecular flexibility index (Phi) is 4.52. The summed E-state index contributed by atoms with van der Waals surface area (Å²) in [6.45, 7) is 0. The molecular weight excluding hydrogens is 320 g/mol. The van der Waals surface area contributed by atoms with Crippen molar-refractivity contribution in [3.05, 3.63) is 59.2 Å². The second kappa shape index (κ2) is 6.76. The van der Waals surface area contributed by atoms with Crippen molar-refractivity contribution >= 4 is 29.2 Å². The normalized spacial score (nSPS) is 13.8. The number of amides is 2. The lowest BCUT2D eigenvalue weighted by molar-refractivity contribution is -0.118. The molecule has 1 aliphatic heterocycles. The van der Waals surface area contributed by atoms with Crippen LogP contribution in [0.4, 0.5) is 11.4 Å². The predicted molar refractivity (Wildman–Crippen MR) is 94.1 cm³/mol. The Morgan fingerprint density at radius 1 is 1.04 bits per heavy atom. The van der Waals surface area contributed by atoms with Gasteiger partial charge in [0.2, 0.25) is 5.91 Å². The van der Waals surface area contributed by atoms with Crippen molar-refractivity contribution in [1.82, 2.24) is 0 Å². The van der Waals surface area contributed by atoms with Crippen molar-refractivity contribution in [3.63, 3.8) is 0 Å². The zero-order valence-corrected chi connectivity index (χ0v) is 13.8. The lowest BCUT2D eigenvalue weighted by atomic mass is 10.0. The van der Waals surface area contributed by atoms with E-state index >= 15 is 0 Å². The summed E-state index contributed by atoms with van der Waals surface area (Å²) < 4.78 is 0. The second-order valence-corrected chi connectivity index (χ2v) is 5.99. The van der Waals surface area contributed by atoms with Gasteiger partial charge in [-0.3, -0.25) is 9.59 Å². The zero-order valence-electron chi connectivity index (χ0n) is 13.8. The van der Waals surface area contributed by atoms with E-state index in [1.165, 1.54) is 12.1 Å². The van der Waals surface area contributed by atoms with Crippen LogP contribution in [0.5, 0.6) is 0 Å². The quantitative estimate of drug-likeness (QED) is 0.901. The molecule has 2 N–H and O–H groups in total. The number of carboxylic acid groups (broad SMARTS) is 1. The molecule has 0 aliphatic carbocycles. The molecule has 3 rings (SSSR count). The molecule has 2 aromatic carbocycles.